The highest BCUT2D eigenvalue weighted by molar-refractivity contribution is 9.10. The summed E-state index contributed by atoms with van der Waals surface area (Å²) in [5.41, 5.74) is 5.74. The van der Waals surface area contributed by atoms with Gasteiger partial charge < -0.3 is 10.6 Å². The van der Waals surface area contributed by atoms with Crippen LogP contribution in [0.25, 0.3) is 0 Å². The Balaban J connectivity index is 2.21. The van der Waals surface area contributed by atoms with Gasteiger partial charge in [0.1, 0.15) is 5.82 Å². The lowest BCUT2D eigenvalue weighted by atomic mass is 9.98. The molecule has 0 bridgehead atoms. The van der Waals surface area contributed by atoms with Crippen LogP contribution >= 0.6 is 15.9 Å². The molecule has 1 aromatic carbocycles. The smallest absolute Gasteiger partial charge is 0.257 e. The topological polar surface area (TPSA) is 46.3 Å². The molecule has 1 atom stereocenters. The van der Waals surface area contributed by atoms with Crippen molar-refractivity contribution in [1.82, 2.24) is 4.90 Å². The molecule has 0 saturated carbocycles. The van der Waals surface area contributed by atoms with E-state index in [9.17, 15) is 9.18 Å². The summed E-state index contributed by atoms with van der Waals surface area (Å²) in [5.74, 6) is -0.695. The molecular formula is C14H18BrFN2O. The van der Waals surface area contributed by atoms with Crippen LogP contribution in [0.1, 0.15) is 36.0 Å². The normalized spacial score (nSPS) is 19.5. The number of carbonyl (C=O) groups is 1. The molecule has 1 fully saturated rings. The van der Waals surface area contributed by atoms with E-state index in [4.69, 9.17) is 5.73 Å². The lowest BCUT2D eigenvalue weighted by molar-refractivity contribution is 0.0600. The third kappa shape index (κ3) is 3.34. The zero-order valence-electron chi connectivity index (χ0n) is 10.7. The molecule has 0 radical (unpaired) electrons. The minimum absolute atomic E-state index is 0.145. The van der Waals surface area contributed by atoms with E-state index in [2.05, 4.69) is 15.9 Å². The Labute approximate surface area is 121 Å². The molecule has 0 unspecified atom stereocenters. The molecule has 1 aromatic rings. The van der Waals surface area contributed by atoms with E-state index < -0.39 is 5.82 Å². The van der Waals surface area contributed by atoms with Crippen LogP contribution in [-0.2, 0) is 0 Å². The minimum atomic E-state index is -0.476. The van der Waals surface area contributed by atoms with Crippen molar-refractivity contribution in [2.75, 3.05) is 13.1 Å². The Bertz CT molecular complexity index is 465. The number of hydrogen-bond donors (Lipinski definition) is 1. The minimum Gasteiger partial charge on any atom is -0.336 e. The lowest BCUT2D eigenvalue weighted by Gasteiger charge is -2.35. The van der Waals surface area contributed by atoms with Crippen LogP contribution in [0, 0.1) is 5.82 Å². The van der Waals surface area contributed by atoms with Gasteiger partial charge >= 0.3 is 0 Å². The third-order valence-corrected chi connectivity index (χ3v) is 4.04. The Hall–Kier alpha value is -0.940. The summed E-state index contributed by atoms with van der Waals surface area (Å²) in [4.78, 5) is 14.2. The molecule has 0 aromatic heterocycles. The Morgan fingerprint density at radius 3 is 2.95 bits per heavy atom. The van der Waals surface area contributed by atoms with Crippen molar-refractivity contribution in [1.29, 1.82) is 0 Å². The van der Waals surface area contributed by atoms with Gasteiger partial charge in [0.15, 0.2) is 0 Å². The van der Waals surface area contributed by atoms with Gasteiger partial charge in [0.25, 0.3) is 5.91 Å². The summed E-state index contributed by atoms with van der Waals surface area (Å²) in [5, 5.41) is 0. The van der Waals surface area contributed by atoms with Crippen molar-refractivity contribution in [2.24, 2.45) is 5.73 Å². The van der Waals surface area contributed by atoms with Crippen molar-refractivity contribution in [3.63, 3.8) is 0 Å². The molecule has 3 nitrogen and oxygen atoms in total. The van der Waals surface area contributed by atoms with E-state index in [1.807, 2.05) is 0 Å². The first-order valence-corrected chi connectivity index (χ1v) is 7.39. The SMILES string of the molecule is NCC[C@H]1CCCCN1C(=O)c1ccc(Br)cc1F. The van der Waals surface area contributed by atoms with Crippen LogP contribution in [0.4, 0.5) is 4.39 Å². The zero-order chi connectivity index (χ0) is 13.8. The van der Waals surface area contributed by atoms with Gasteiger partial charge in [-0.25, -0.2) is 4.39 Å². The fourth-order valence-electron chi connectivity index (χ4n) is 2.58. The highest BCUT2D eigenvalue weighted by Gasteiger charge is 2.28. The number of carbonyl (C=O) groups excluding carboxylic acids is 1. The predicted molar refractivity (Wildman–Crippen MR) is 76.4 cm³/mol. The summed E-state index contributed by atoms with van der Waals surface area (Å²) < 4.78 is 14.5. The van der Waals surface area contributed by atoms with Gasteiger partial charge in [-0.2, -0.15) is 0 Å². The van der Waals surface area contributed by atoms with E-state index in [1.165, 1.54) is 12.1 Å². The Morgan fingerprint density at radius 2 is 2.26 bits per heavy atom. The summed E-state index contributed by atoms with van der Waals surface area (Å²) >= 11 is 3.20. The molecule has 104 valence electrons. The second-order valence-electron chi connectivity index (χ2n) is 4.85. The summed E-state index contributed by atoms with van der Waals surface area (Å²) in [6.45, 7) is 1.25. The molecule has 5 heteroatoms. The van der Waals surface area contributed by atoms with Crippen LogP contribution in [0.3, 0.4) is 0 Å². The first-order chi connectivity index (χ1) is 9.13. The maximum atomic E-state index is 13.9. The van der Waals surface area contributed by atoms with Crippen molar-refractivity contribution in [3.8, 4) is 0 Å². The number of rotatable bonds is 3. The highest BCUT2D eigenvalue weighted by atomic mass is 79.9. The second-order valence-corrected chi connectivity index (χ2v) is 5.77. The maximum Gasteiger partial charge on any atom is 0.257 e. The largest absolute Gasteiger partial charge is 0.336 e. The molecule has 0 spiro atoms. The Morgan fingerprint density at radius 1 is 1.47 bits per heavy atom. The molecule has 2 rings (SSSR count). The van der Waals surface area contributed by atoms with Gasteiger partial charge in [-0.05, 0) is 50.4 Å². The van der Waals surface area contributed by atoms with E-state index in [-0.39, 0.29) is 17.5 Å². The van der Waals surface area contributed by atoms with Crippen LogP contribution in [0.2, 0.25) is 0 Å². The summed E-state index contributed by atoms with van der Waals surface area (Å²) in [6, 6.07) is 4.71. The standard InChI is InChI=1S/C14H18BrFN2O/c15-10-4-5-12(13(16)9-10)14(19)18-8-2-1-3-11(18)6-7-17/h4-5,9,11H,1-3,6-8,17H2/t11-/m1/s1. The molecule has 1 aliphatic heterocycles. The third-order valence-electron chi connectivity index (χ3n) is 3.55. The number of halogens is 2. The predicted octanol–water partition coefficient (Wildman–Crippen LogP) is 2.93. The lowest BCUT2D eigenvalue weighted by Crippen LogP contribution is -2.44. The number of piperidine rings is 1. The first kappa shape index (κ1) is 14.5. The van der Waals surface area contributed by atoms with Crippen LogP contribution in [0.15, 0.2) is 22.7 Å². The van der Waals surface area contributed by atoms with Gasteiger partial charge in [0, 0.05) is 17.1 Å². The molecule has 1 aliphatic rings. The van der Waals surface area contributed by atoms with E-state index in [0.29, 0.717) is 17.6 Å². The highest BCUT2D eigenvalue weighted by Crippen LogP contribution is 2.23. The zero-order valence-corrected chi connectivity index (χ0v) is 12.3. The number of nitrogens with zero attached hydrogens (tertiary/aromatic N) is 1. The van der Waals surface area contributed by atoms with Crippen molar-refractivity contribution in [2.45, 2.75) is 31.7 Å². The summed E-state index contributed by atoms with van der Waals surface area (Å²) in [7, 11) is 0. The average Bonchev–Trinajstić information content (AvgIpc) is 2.39. The number of benzene rings is 1. The fraction of sp³-hybridized carbons (Fsp3) is 0.500. The Kier molecular flexibility index (Phi) is 4.93. The summed E-state index contributed by atoms with van der Waals surface area (Å²) in [6.07, 6.45) is 3.83. The van der Waals surface area contributed by atoms with Crippen LogP contribution in [0.5, 0.6) is 0 Å². The molecule has 0 aliphatic carbocycles. The number of likely N-dealkylation sites (tertiary alicyclic amines) is 1. The quantitative estimate of drug-likeness (QED) is 0.927. The van der Waals surface area contributed by atoms with Gasteiger partial charge in [0.2, 0.25) is 0 Å². The molecular weight excluding hydrogens is 311 g/mol. The van der Waals surface area contributed by atoms with Gasteiger partial charge in [0.05, 0.1) is 5.56 Å². The number of hydrogen-bond acceptors (Lipinski definition) is 2. The van der Waals surface area contributed by atoms with Crippen LogP contribution in [-0.4, -0.2) is 29.9 Å². The van der Waals surface area contributed by atoms with Gasteiger partial charge in [-0.1, -0.05) is 15.9 Å². The van der Waals surface area contributed by atoms with E-state index in [1.54, 1.807) is 11.0 Å². The average molecular weight is 329 g/mol. The van der Waals surface area contributed by atoms with Gasteiger partial charge in [-0.3, -0.25) is 4.79 Å². The molecule has 19 heavy (non-hydrogen) atoms. The maximum absolute atomic E-state index is 13.9. The molecule has 2 N–H and O–H groups in total. The van der Waals surface area contributed by atoms with Gasteiger partial charge in [-0.15, -0.1) is 0 Å². The fourth-order valence-corrected chi connectivity index (χ4v) is 2.91. The molecule has 1 heterocycles. The second kappa shape index (κ2) is 6.48. The number of amides is 1. The van der Waals surface area contributed by atoms with Crippen molar-refractivity contribution in [3.05, 3.63) is 34.1 Å². The van der Waals surface area contributed by atoms with E-state index in [0.717, 1.165) is 25.7 Å². The molecule has 1 amide bonds. The van der Waals surface area contributed by atoms with Crippen molar-refractivity contribution < 1.29 is 9.18 Å². The monoisotopic (exact) mass is 328 g/mol. The number of nitrogens with two attached hydrogens (primary N) is 1. The molecule has 1 saturated heterocycles. The van der Waals surface area contributed by atoms with Crippen LogP contribution < -0.4 is 5.73 Å². The van der Waals surface area contributed by atoms with E-state index >= 15 is 0 Å². The van der Waals surface area contributed by atoms with Crippen molar-refractivity contribution >= 4 is 21.8 Å². The first-order valence-electron chi connectivity index (χ1n) is 6.59.